The molecule has 1 saturated carbocycles. The zero-order valence-corrected chi connectivity index (χ0v) is 12.2. The molecule has 0 aliphatic heterocycles. The monoisotopic (exact) mass is 283 g/mol. The average Bonchev–Trinajstić information content (AvgIpc) is 2.46. The summed E-state index contributed by atoms with van der Waals surface area (Å²) in [6.45, 7) is 3.46. The van der Waals surface area contributed by atoms with Gasteiger partial charge in [-0.2, -0.15) is 4.98 Å². The normalized spacial score (nSPS) is 23.1. The van der Waals surface area contributed by atoms with Crippen LogP contribution in [0, 0.1) is 11.8 Å². The smallest absolute Gasteiger partial charge is 0.225 e. The zero-order chi connectivity index (χ0) is 13.5. The van der Waals surface area contributed by atoms with E-state index in [4.69, 9.17) is 16.3 Å². The highest BCUT2D eigenvalue weighted by Crippen LogP contribution is 2.30. The first kappa shape index (κ1) is 14.4. The maximum Gasteiger partial charge on any atom is 0.225 e. The molecule has 2 unspecified atom stereocenters. The third-order valence-corrected chi connectivity index (χ3v) is 4.11. The van der Waals surface area contributed by atoms with Gasteiger partial charge in [0.25, 0.3) is 0 Å². The fourth-order valence-electron chi connectivity index (χ4n) is 2.63. The summed E-state index contributed by atoms with van der Waals surface area (Å²) < 4.78 is 5.37. The van der Waals surface area contributed by atoms with Crippen LogP contribution in [0.25, 0.3) is 0 Å². The lowest BCUT2D eigenvalue weighted by Gasteiger charge is -2.30. The van der Waals surface area contributed by atoms with Crippen molar-refractivity contribution in [3.05, 3.63) is 12.3 Å². The van der Waals surface area contributed by atoms with E-state index in [1.807, 2.05) is 6.92 Å². The summed E-state index contributed by atoms with van der Waals surface area (Å²) in [5.41, 5.74) is 0. The predicted octanol–water partition coefficient (Wildman–Crippen LogP) is 3.33. The van der Waals surface area contributed by atoms with Crippen LogP contribution in [0.5, 0.6) is 5.88 Å². The molecule has 4 nitrogen and oxygen atoms in total. The van der Waals surface area contributed by atoms with Gasteiger partial charge < -0.3 is 10.1 Å². The van der Waals surface area contributed by atoms with Crippen LogP contribution in [0.4, 0.5) is 5.95 Å². The second-order valence-corrected chi connectivity index (χ2v) is 5.30. The highest BCUT2D eigenvalue weighted by Gasteiger charge is 2.24. The molecule has 0 amide bonds. The van der Waals surface area contributed by atoms with Crippen LogP contribution in [-0.2, 0) is 0 Å². The second kappa shape index (κ2) is 7.53. The third kappa shape index (κ3) is 4.23. The molecule has 1 aromatic heterocycles. The Balaban J connectivity index is 1.88. The van der Waals surface area contributed by atoms with Crippen LogP contribution in [0.1, 0.15) is 32.6 Å². The summed E-state index contributed by atoms with van der Waals surface area (Å²) >= 11 is 6.04. The summed E-state index contributed by atoms with van der Waals surface area (Å²) in [6.07, 6.45) is 6.83. The molecule has 2 rings (SSSR count). The van der Waals surface area contributed by atoms with Gasteiger partial charge in [0, 0.05) is 24.7 Å². The largest absolute Gasteiger partial charge is 0.478 e. The number of anilines is 1. The first-order chi connectivity index (χ1) is 9.33. The van der Waals surface area contributed by atoms with Gasteiger partial charge in [-0.15, -0.1) is 11.6 Å². The SMILES string of the molecule is CCOc1ccnc(NCC2CCCCC2CCl)n1. The molecule has 5 heteroatoms. The van der Waals surface area contributed by atoms with E-state index in [-0.39, 0.29) is 0 Å². The molecule has 1 aromatic rings. The first-order valence-corrected chi connectivity index (χ1v) is 7.62. The Kier molecular flexibility index (Phi) is 5.70. The van der Waals surface area contributed by atoms with E-state index in [0.717, 1.165) is 12.4 Å². The van der Waals surface area contributed by atoms with E-state index in [9.17, 15) is 0 Å². The number of halogens is 1. The number of nitrogens with zero attached hydrogens (tertiary/aromatic N) is 2. The molecule has 1 N–H and O–H groups in total. The van der Waals surface area contributed by atoms with Crippen molar-refractivity contribution in [1.29, 1.82) is 0 Å². The number of aromatic nitrogens is 2. The summed E-state index contributed by atoms with van der Waals surface area (Å²) in [4.78, 5) is 8.54. The number of nitrogens with one attached hydrogen (secondary N) is 1. The fraction of sp³-hybridized carbons (Fsp3) is 0.714. The van der Waals surface area contributed by atoms with Crippen LogP contribution in [0.3, 0.4) is 0 Å². The molecule has 0 aromatic carbocycles. The van der Waals surface area contributed by atoms with E-state index in [2.05, 4.69) is 15.3 Å². The molecule has 106 valence electrons. The maximum absolute atomic E-state index is 6.04. The molecule has 1 heterocycles. The molecule has 1 aliphatic carbocycles. The number of alkyl halides is 1. The van der Waals surface area contributed by atoms with Gasteiger partial charge in [0.15, 0.2) is 0 Å². The molecule has 0 spiro atoms. The Bertz CT molecular complexity index is 389. The molecule has 0 saturated heterocycles. The van der Waals surface area contributed by atoms with E-state index in [0.29, 0.717) is 30.3 Å². The van der Waals surface area contributed by atoms with Gasteiger partial charge in [-0.25, -0.2) is 4.98 Å². The van der Waals surface area contributed by atoms with Gasteiger partial charge in [0.1, 0.15) is 0 Å². The maximum atomic E-state index is 6.04. The highest BCUT2D eigenvalue weighted by molar-refractivity contribution is 6.18. The van der Waals surface area contributed by atoms with Crippen molar-refractivity contribution in [1.82, 2.24) is 9.97 Å². The lowest BCUT2D eigenvalue weighted by molar-refractivity contribution is 0.271. The van der Waals surface area contributed by atoms with Gasteiger partial charge in [-0.1, -0.05) is 12.8 Å². The fourth-order valence-corrected chi connectivity index (χ4v) is 3.04. The molecule has 1 fully saturated rings. The van der Waals surface area contributed by atoms with Crippen molar-refractivity contribution in [2.75, 3.05) is 24.3 Å². The van der Waals surface area contributed by atoms with Gasteiger partial charge in [0.05, 0.1) is 6.61 Å². The van der Waals surface area contributed by atoms with Crippen molar-refractivity contribution >= 4 is 17.5 Å². The molecule has 2 atom stereocenters. The second-order valence-electron chi connectivity index (χ2n) is 4.99. The Hall–Kier alpha value is -1.03. The van der Waals surface area contributed by atoms with Crippen LogP contribution in [0.15, 0.2) is 12.3 Å². The molecule has 0 radical (unpaired) electrons. The average molecular weight is 284 g/mol. The van der Waals surface area contributed by atoms with Gasteiger partial charge in [-0.05, 0) is 31.6 Å². The molecule has 19 heavy (non-hydrogen) atoms. The van der Waals surface area contributed by atoms with Crippen molar-refractivity contribution in [3.8, 4) is 5.88 Å². The Labute approximate surface area is 119 Å². The van der Waals surface area contributed by atoms with Crippen LogP contribution in [0.2, 0.25) is 0 Å². The Morgan fingerprint density at radius 2 is 2.16 bits per heavy atom. The van der Waals surface area contributed by atoms with Gasteiger partial charge in [0.2, 0.25) is 11.8 Å². The van der Waals surface area contributed by atoms with E-state index < -0.39 is 0 Å². The summed E-state index contributed by atoms with van der Waals surface area (Å²) in [7, 11) is 0. The standard InChI is InChI=1S/C14H22ClN3O/c1-2-19-13-7-8-16-14(18-13)17-10-12-6-4-3-5-11(12)9-15/h7-8,11-12H,2-6,9-10H2,1H3,(H,16,17,18). The number of ether oxygens (including phenoxy) is 1. The zero-order valence-electron chi connectivity index (χ0n) is 11.4. The molecular formula is C14H22ClN3O. The third-order valence-electron chi connectivity index (χ3n) is 3.71. The topological polar surface area (TPSA) is 47.0 Å². The van der Waals surface area contributed by atoms with Crippen LogP contribution >= 0.6 is 11.6 Å². The van der Waals surface area contributed by atoms with Gasteiger partial charge in [-0.3, -0.25) is 0 Å². The summed E-state index contributed by atoms with van der Waals surface area (Å²) in [5.74, 6) is 3.28. The minimum absolute atomic E-state index is 0.618. The predicted molar refractivity (Wildman–Crippen MR) is 77.9 cm³/mol. The van der Waals surface area contributed by atoms with Crippen molar-refractivity contribution < 1.29 is 4.74 Å². The van der Waals surface area contributed by atoms with Gasteiger partial charge >= 0.3 is 0 Å². The van der Waals surface area contributed by atoms with E-state index in [1.165, 1.54) is 25.7 Å². The van der Waals surface area contributed by atoms with E-state index >= 15 is 0 Å². The van der Waals surface area contributed by atoms with Crippen LogP contribution < -0.4 is 10.1 Å². The summed E-state index contributed by atoms with van der Waals surface area (Å²) in [5, 5.41) is 3.32. The molecular weight excluding hydrogens is 262 g/mol. The van der Waals surface area contributed by atoms with Crippen molar-refractivity contribution in [2.24, 2.45) is 11.8 Å². The number of hydrogen-bond donors (Lipinski definition) is 1. The quantitative estimate of drug-likeness (QED) is 0.814. The van der Waals surface area contributed by atoms with Crippen molar-refractivity contribution in [2.45, 2.75) is 32.6 Å². The number of rotatable bonds is 6. The lowest BCUT2D eigenvalue weighted by atomic mass is 9.80. The number of hydrogen-bond acceptors (Lipinski definition) is 4. The van der Waals surface area contributed by atoms with E-state index in [1.54, 1.807) is 12.3 Å². The Morgan fingerprint density at radius 3 is 2.89 bits per heavy atom. The van der Waals surface area contributed by atoms with Crippen molar-refractivity contribution in [3.63, 3.8) is 0 Å². The van der Waals surface area contributed by atoms with Crippen LogP contribution in [-0.4, -0.2) is 29.0 Å². The molecule has 0 bridgehead atoms. The lowest BCUT2D eigenvalue weighted by Crippen LogP contribution is -2.27. The minimum atomic E-state index is 0.618. The summed E-state index contributed by atoms with van der Waals surface area (Å²) in [6, 6.07) is 1.77. The highest BCUT2D eigenvalue weighted by atomic mass is 35.5. The minimum Gasteiger partial charge on any atom is -0.478 e. The first-order valence-electron chi connectivity index (χ1n) is 7.09. The Morgan fingerprint density at radius 1 is 1.37 bits per heavy atom. The molecule has 1 aliphatic rings.